The second-order valence-electron chi connectivity index (χ2n) is 8.84. The summed E-state index contributed by atoms with van der Waals surface area (Å²) in [7, 11) is 2.83. The van der Waals surface area contributed by atoms with Crippen LogP contribution in [-0.4, -0.2) is 42.0 Å². The first-order chi connectivity index (χ1) is 18.9. The summed E-state index contributed by atoms with van der Waals surface area (Å²) < 4.78 is 56.0. The third-order valence-electron chi connectivity index (χ3n) is 5.94. The lowest BCUT2D eigenvalue weighted by molar-refractivity contribution is -0.141. The summed E-state index contributed by atoms with van der Waals surface area (Å²) in [5, 5.41) is 5.51. The van der Waals surface area contributed by atoms with E-state index < -0.39 is 35.8 Å². The van der Waals surface area contributed by atoms with Crippen molar-refractivity contribution >= 4 is 28.4 Å². The van der Waals surface area contributed by atoms with E-state index in [0.29, 0.717) is 11.4 Å². The van der Waals surface area contributed by atoms with Crippen molar-refractivity contribution in [2.75, 3.05) is 19.5 Å². The number of aromatic nitrogens is 2. The summed E-state index contributed by atoms with van der Waals surface area (Å²) in [5.74, 6) is -0.530. The van der Waals surface area contributed by atoms with Crippen LogP contribution in [0.2, 0.25) is 0 Å². The molecule has 2 aromatic carbocycles. The summed E-state index contributed by atoms with van der Waals surface area (Å²) in [4.78, 5) is 33.8. The van der Waals surface area contributed by atoms with Gasteiger partial charge < -0.3 is 30.3 Å². The van der Waals surface area contributed by atoms with Gasteiger partial charge in [0, 0.05) is 16.6 Å². The molecular formula is C27H26F3N5O5. The fourth-order valence-corrected chi connectivity index (χ4v) is 3.87. The van der Waals surface area contributed by atoms with Gasteiger partial charge in [-0.05, 0) is 62.4 Å². The molecule has 0 spiro atoms. The number of halogens is 3. The molecule has 2 heterocycles. The maximum Gasteiger partial charge on any atom is 0.433 e. The third kappa shape index (κ3) is 5.83. The van der Waals surface area contributed by atoms with E-state index in [1.54, 1.807) is 31.2 Å². The zero-order valence-electron chi connectivity index (χ0n) is 21.9. The fourth-order valence-electron chi connectivity index (χ4n) is 3.87. The van der Waals surface area contributed by atoms with E-state index in [1.807, 2.05) is 0 Å². The average molecular weight is 558 g/mol. The topological polar surface area (TPSA) is 142 Å². The van der Waals surface area contributed by atoms with Crippen LogP contribution in [0.1, 0.15) is 41.8 Å². The SMILES string of the molecule is COc1ccc(NC(=O)[C@@H](C)NC(=O)c2nc(-c3ccc(OC)c4nc(C(F)(F)F)ccc34)oc2[C@H](C)N)cc1. The number of nitrogens with zero attached hydrogens (tertiary/aromatic N) is 2. The highest BCUT2D eigenvalue weighted by Gasteiger charge is 2.33. The molecule has 40 heavy (non-hydrogen) atoms. The van der Waals surface area contributed by atoms with Gasteiger partial charge in [0.05, 0.1) is 20.3 Å². The van der Waals surface area contributed by atoms with E-state index >= 15 is 0 Å². The smallest absolute Gasteiger partial charge is 0.433 e. The summed E-state index contributed by atoms with van der Waals surface area (Å²) >= 11 is 0. The molecule has 13 heteroatoms. The van der Waals surface area contributed by atoms with E-state index in [-0.39, 0.29) is 39.6 Å². The Morgan fingerprint density at radius 1 is 0.975 bits per heavy atom. The molecule has 210 valence electrons. The molecule has 0 radical (unpaired) electrons. The van der Waals surface area contributed by atoms with Crippen LogP contribution in [0.5, 0.6) is 11.5 Å². The molecule has 0 unspecified atom stereocenters. The second kappa shape index (κ2) is 11.2. The van der Waals surface area contributed by atoms with E-state index in [1.165, 1.54) is 39.3 Å². The number of fused-ring (bicyclic) bond motifs is 1. The zero-order valence-corrected chi connectivity index (χ0v) is 21.9. The number of amides is 2. The molecule has 0 aliphatic carbocycles. The third-order valence-corrected chi connectivity index (χ3v) is 5.94. The Kier molecular flexibility index (Phi) is 7.96. The van der Waals surface area contributed by atoms with Gasteiger partial charge in [0.2, 0.25) is 11.8 Å². The van der Waals surface area contributed by atoms with Gasteiger partial charge in [0.25, 0.3) is 5.91 Å². The Balaban J connectivity index is 1.63. The van der Waals surface area contributed by atoms with Gasteiger partial charge in [-0.2, -0.15) is 13.2 Å². The van der Waals surface area contributed by atoms with Crippen molar-refractivity contribution < 1.29 is 36.7 Å². The van der Waals surface area contributed by atoms with Gasteiger partial charge in [0.15, 0.2) is 11.5 Å². The highest BCUT2D eigenvalue weighted by Crippen LogP contribution is 2.37. The molecule has 4 rings (SSSR count). The Morgan fingerprint density at radius 3 is 2.27 bits per heavy atom. The molecule has 2 atom stereocenters. The summed E-state index contributed by atoms with van der Waals surface area (Å²) in [6, 6.07) is 9.91. The van der Waals surface area contributed by atoms with Crippen molar-refractivity contribution in [3.05, 3.63) is 65.7 Å². The minimum absolute atomic E-state index is 0.0269. The monoisotopic (exact) mass is 557 g/mol. The van der Waals surface area contributed by atoms with Crippen molar-refractivity contribution in [3.8, 4) is 23.0 Å². The van der Waals surface area contributed by atoms with Crippen molar-refractivity contribution in [1.29, 1.82) is 0 Å². The largest absolute Gasteiger partial charge is 0.497 e. The summed E-state index contributed by atoms with van der Waals surface area (Å²) in [6.07, 6.45) is -4.66. The molecule has 0 fully saturated rings. The first-order valence-electron chi connectivity index (χ1n) is 12.0. The number of benzene rings is 2. The number of carbonyl (C=O) groups excluding carboxylic acids is 2. The number of hydrogen-bond acceptors (Lipinski definition) is 8. The number of methoxy groups -OCH3 is 2. The lowest BCUT2D eigenvalue weighted by atomic mass is 10.1. The lowest BCUT2D eigenvalue weighted by Gasteiger charge is -2.14. The quantitative estimate of drug-likeness (QED) is 0.283. The lowest BCUT2D eigenvalue weighted by Crippen LogP contribution is -2.42. The van der Waals surface area contributed by atoms with Crippen LogP contribution >= 0.6 is 0 Å². The summed E-state index contributed by atoms with van der Waals surface area (Å²) in [5.41, 5.74) is 5.46. The van der Waals surface area contributed by atoms with Crippen LogP contribution < -0.4 is 25.8 Å². The number of hydrogen-bond donors (Lipinski definition) is 3. The molecule has 0 saturated heterocycles. The molecule has 4 N–H and O–H groups in total. The molecule has 0 aliphatic rings. The molecule has 2 aromatic heterocycles. The predicted molar refractivity (Wildman–Crippen MR) is 140 cm³/mol. The number of rotatable bonds is 8. The second-order valence-corrected chi connectivity index (χ2v) is 8.84. The zero-order chi connectivity index (χ0) is 29.2. The van der Waals surface area contributed by atoms with Gasteiger partial charge >= 0.3 is 6.18 Å². The predicted octanol–water partition coefficient (Wildman–Crippen LogP) is 4.70. The molecule has 0 saturated carbocycles. The summed E-state index contributed by atoms with van der Waals surface area (Å²) in [6.45, 7) is 3.06. The molecular weight excluding hydrogens is 531 g/mol. The molecule has 0 bridgehead atoms. The van der Waals surface area contributed by atoms with Gasteiger partial charge in [-0.15, -0.1) is 0 Å². The van der Waals surface area contributed by atoms with Crippen LogP contribution in [-0.2, 0) is 11.0 Å². The van der Waals surface area contributed by atoms with Gasteiger partial charge in [-0.3, -0.25) is 9.59 Å². The number of pyridine rings is 1. The van der Waals surface area contributed by atoms with Crippen molar-refractivity contribution in [3.63, 3.8) is 0 Å². The molecule has 0 aliphatic heterocycles. The standard InChI is InChI=1S/C27H26F3N5O5/c1-13(31)23-22(25(37)32-14(2)24(36)33-15-5-7-16(38-3)8-6-15)35-26(40-23)18-9-11-19(39-4)21-17(18)10-12-20(34-21)27(28,29)30/h5-14H,31H2,1-4H3,(H,32,37)(H,33,36)/t13-,14+/m0/s1. The Bertz CT molecular complexity index is 1550. The minimum atomic E-state index is -4.66. The first-order valence-corrected chi connectivity index (χ1v) is 12.0. The van der Waals surface area contributed by atoms with Gasteiger partial charge in [-0.1, -0.05) is 0 Å². The minimum Gasteiger partial charge on any atom is -0.497 e. The average Bonchev–Trinajstić information content (AvgIpc) is 3.38. The number of oxazole rings is 1. The maximum atomic E-state index is 13.3. The highest BCUT2D eigenvalue weighted by atomic mass is 19.4. The van der Waals surface area contributed by atoms with Crippen molar-refractivity contribution in [2.45, 2.75) is 32.1 Å². The Hall–Kier alpha value is -4.65. The number of nitrogens with two attached hydrogens (primary N) is 1. The number of alkyl halides is 3. The van der Waals surface area contributed by atoms with E-state index in [0.717, 1.165) is 6.07 Å². The Morgan fingerprint density at radius 2 is 1.68 bits per heavy atom. The highest BCUT2D eigenvalue weighted by molar-refractivity contribution is 6.01. The molecule has 4 aromatic rings. The van der Waals surface area contributed by atoms with Gasteiger partial charge in [-0.25, -0.2) is 9.97 Å². The van der Waals surface area contributed by atoms with Crippen LogP contribution in [0.4, 0.5) is 18.9 Å². The van der Waals surface area contributed by atoms with Crippen LogP contribution in [0.15, 0.2) is 52.9 Å². The van der Waals surface area contributed by atoms with E-state index in [2.05, 4.69) is 20.6 Å². The van der Waals surface area contributed by atoms with Crippen LogP contribution in [0.3, 0.4) is 0 Å². The number of anilines is 1. The fraction of sp³-hybridized carbons (Fsp3) is 0.259. The van der Waals surface area contributed by atoms with Crippen molar-refractivity contribution in [2.24, 2.45) is 5.73 Å². The molecule has 2 amide bonds. The van der Waals surface area contributed by atoms with E-state index in [9.17, 15) is 22.8 Å². The van der Waals surface area contributed by atoms with Crippen molar-refractivity contribution in [1.82, 2.24) is 15.3 Å². The number of ether oxygens (including phenoxy) is 2. The molecule has 10 nitrogen and oxygen atoms in total. The van der Waals surface area contributed by atoms with Gasteiger partial charge in [0.1, 0.15) is 28.8 Å². The van der Waals surface area contributed by atoms with Crippen LogP contribution in [0, 0.1) is 0 Å². The van der Waals surface area contributed by atoms with E-state index in [4.69, 9.17) is 19.6 Å². The van der Waals surface area contributed by atoms with Crippen LogP contribution in [0.25, 0.3) is 22.4 Å². The maximum absolute atomic E-state index is 13.3. The normalized spacial score (nSPS) is 13.0. The number of nitrogens with one attached hydrogen (secondary N) is 2. The Labute approximate surface area is 226 Å². The number of carbonyl (C=O) groups is 2. The first kappa shape index (κ1) is 28.4.